The molecular weight excluding hydrogens is 202 g/mol. The number of aliphatic hydroxyl groups is 1. The van der Waals surface area contributed by atoms with Gasteiger partial charge in [-0.05, 0) is 19.1 Å². The number of hydrogen-bond donors (Lipinski definition) is 1. The van der Waals surface area contributed by atoms with Crippen molar-refractivity contribution in [3.05, 3.63) is 16.1 Å². The van der Waals surface area contributed by atoms with Crippen LogP contribution in [0.4, 0.5) is 0 Å². The van der Waals surface area contributed by atoms with E-state index in [2.05, 4.69) is 10.4 Å². The van der Waals surface area contributed by atoms with E-state index in [1.165, 1.54) is 0 Å². The van der Waals surface area contributed by atoms with Crippen molar-refractivity contribution in [2.75, 3.05) is 11.5 Å². The Labute approximate surface area is 86.4 Å². The van der Waals surface area contributed by atoms with Gasteiger partial charge in [0.05, 0.1) is 16.8 Å². The zero-order valence-corrected chi connectivity index (χ0v) is 9.20. The normalized spacial score (nSPS) is 28.2. The van der Waals surface area contributed by atoms with Crippen LogP contribution in [0.5, 0.6) is 0 Å². The number of hydrogen-bond acceptors (Lipinski definition) is 4. The van der Waals surface area contributed by atoms with Crippen LogP contribution in [0.3, 0.4) is 0 Å². The van der Waals surface area contributed by atoms with Crippen LogP contribution < -0.4 is 0 Å². The maximum absolute atomic E-state index is 9.61. The first-order valence-corrected chi connectivity index (χ1v) is 6.46. The fourth-order valence-electron chi connectivity index (χ4n) is 1.55. The molecular formula is C9H13NOS2. The first kappa shape index (κ1) is 9.49. The summed E-state index contributed by atoms with van der Waals surface area (Å²) in [4.78, 5) is 4.41. The summed E-state index contributed by atoms with van der Waals surface area (Å²) in [5.41, 5.74) is 1.15. The van der Waals surface area contributed by atoms with Crippen LogP contribution in [-0.2, 0) is 6.42 Å². The van der Waals surface area contributed by atoms with Gasteiger partial charge in [-0.25, -0.2) is 4.98 Å². The Bertz CT molecular complexity index is 287. The summed E-state index contributed by atoms with van der Waals surface area (Å²) in [7, 11) is 0. The van der Waals surface area contributed by atoms with Crippen molar-refractivity contribution >= 4 is 23.1 Å². The average molecular weight is 215 g/mol. The Morgan fingerprint density at radius 3 is 3.00 bits per heavy atom. The molecule has 1 fully saturated rings. The van der Waals surface area contributed by atoms with E-state index in [0.29, 0.717) is 5.92 Å². The van der Waals surface area contributed by atoms with Crippen LogP contribution in [0, 0.1) is 12.8 Å². The third kappa shape index (κ3) is 2.24. The Balaban J connectivity index is 1.97. The lowest BCUT2D eigenvalue weighted by Crippen LogP contribution is -2.19. The maximum atomic E-state index is 9.61. The van der Waals surface area contributed by atoms with Crippen LogP contribution >= 0.6 is 23.1 Å². The molecule has 72 valence electrons. The highest BCUT2D eigenvalue weighted by molar-refractivity contribution is 7.99. The minimum atomic E-state index is -0.119. The smallest absolute Gasteiger partial charge is 0.0897 e. The third-order valence-electron chi connectivity index (χ3n) is 2.30. The van der Waals surface area contributed by atoms with Gasteiger partial charge in [-0.3, -0.25) is 0 Å². The minimum absolute atomic E-state index is 0.119. The first-order valence-electron chi connectivity index (χ1n) is 4.42. The molecule has 0 aromatic carbocycles. The Kier molecular flexibility index (Phi) is 2.91. The van der Waals surface area contributed by atoms with Crippen LogP contribution in [-0.4, -0.2) is 27.7 Å². The largest absolute Gasteiger partial charge is 0.392 e. The summed E-state index contributed by atoms with van der Waals surface area (Å²) in [6, 6.07) is 0. The fraction of sp³-hybridized carbons (Fsp3) is 0.667. The summed E-state index contributed by atoms with van der Waals surface area (Å²) >= 11 is 3.53. The lowest BCUT2D eigenvalue weighted by Gasteiger charge is -2.10. The van der Waals surface area contributed by atoms with E-state index in [0.717, 1.165) is 28.6 Å². The number of aliphatic hydroxyl groups excluding tert-OH is 1. The van der Waals surface area contributed by atoms with Gasteiger partial charge < -0.3 is 5.11 Å². The van der Waals surface area contributed by atoms with Gasteiger partial charge in [-0.15, -0.1) is 11.3 Å². The molecule has 0 spiro atoms. The van der Waals surface area contributed by atoms with Crippen molar-refractivity contribution in [3.63, 3.8) is 0 Å². The number of rotatable bonds is 2. The number of nitrogens with zero attached hydrogens (tertiary/aromatic N) is 1. The molecule has 2 unspecified atom stereocenters. The van der Waals surface area contributed by atoms with Crippen LogP contribution in [0.15, 0.2) is 5.38 Å². The van der Waals surface area contributed by atoms with E-state index < -0.39 is 0 Å². The highest BCUT2D eigenvalue weighted by Gasteiger charge is 2.26. The molecule has 1 aromatic rings. The quantitative estimate of drug-likeness (QED) is 0.815. The Morgan fingerprint density at radius 2 is 2.46 bits per heavy atom. The van der Waals surface area contributed by atoms with E-state index >= 15 is 0 Å². The molecule has 13 heavy (non-hydrogen) atoms. The Hall–Kier alpha value is -0.0600. The van der Waals surface area contributed by atoms with Crippen molar-refractivity contribution < 1.29 is 5.11 Å². The molecule has 1 aromatic heterocycles. The molecule has 1 N–H and O–H groups in total. The van der Waals surface area contributed by atoms with Gasteiger partial charge in [0.1, 0.15) is 0 Å². The van der Waals surface area contributed by atoms with Gasteiger partial charge in [0, 0.05) is 17.1 Å². The highest BCUT2D eigenvalue weighted by atomic mass is 32.2. The molecule has 1 aliphatic heterocycles. The molecule has 1 saturated heterocycles. The fourth-order valence-corrected chi connectivity index (χ4v) is 3.47. The van der Waals surface area contributed by atoms with Gasteiger partial charge in [-0.1, -0.05) is 0 Å². The molecule has 4 heteroatoms. The molecule has 0 radical (unpaired) electrons. The van der Waals surface area contributed by atoms with Gasteiger partial charge in [0.25, 0.3) is 0 Å². The van der Waals surface area contributed by atoms with Crippen LogP contribution in [0.1, 0.15) is 10.7 Å². The predicted molar refractivity (Wildman–Crippen MR) is 57.4 cm³/mol. The van der Waals surface area contributed by atoms with E-state index in [4.69, 9.17) is 0 Å². The molecule has 1 aliphatic rings. The summed E-state index contributed by atoms with van der Waals surface area (Å²) in [6.45, 7) is 2.02. The zero-order valence-electron chi connectivity index (χ0n) is 7.56. The molecule has 2 rings (SSSR count). The monoisotopic (exact) mass is 215 g/mol. The van der Waals surface area contributed by atoms with Crippen molar-refractivity contribution in [1.82, 2.24) is 4.98 Å². The van der Waals surface area contributed by atoms with E-state index in [9.17, 15) is 5.11 Å². The maximum Gasteiger partial charge on any atom is 0.0897 e. The second-order valence-electron chi connectivity index (χ2n) is 3.43. The van der Waals surface area contributed by atoms with E-state index in [-0.39, 0.29) is 6.10 Å². The number of aromatic nitrogens is 1. The number of thiazole rings is 1. The molecule has 0 bridgehead atoms. The van der Waals surface area contributed by atoms with Gasteiger partial charge in [-0.2, -0.15) is 11.8 Å². The number of aryl methyl sites for hydroxylation is 1. The molecule has 0 aliphatic carbocycles. The summed E-state index contributed by atoms with van der Waals surface area (Å²) < 4.78 is 0. The molecule has 2 heterocycles. The Morgan fingerprint density at radius 1 is 1.62 bits per heavy atom. The van der Waals surface area contributed by atoms with Crippen molar-refractivity contribution in [1.29, 1.82) is 0 Å². The highest BCUT2D eigenvalue weighted by Crippen LogP contribution is 2.27. The second kappa shape index (κ2) is 3.98. The van der Waals surface area contributed by atoms with Gasteiger partial charge in [0.15, 0.2) is 0 Å². The zero-order chi connectivity index (χ0) is 9.26. The molecule has 2 nitrogen and oxygen atoms in total. The number of thioether (sulfide) groups is 1. The lowest BCUT2D eigenvalue weighted by atomic mass is 10.0. The van der Waals surface area contributed by atoms with Gasteiger partial charge in [0.2, 0.25) is 0 Å². The molecule has 0 amide bonds. The van der Waals surface area contributed by atoms with Crippen LogP contribution in [0.25, 0.3) is 0 Å². The third-order valence-corrected chi connectivity index (χ3v) is 4.37. The SMILES string of the molecule is Cc1nc(CC2CSCC2O)cs1. The average Bonchev–Trinajstić information content (AvgIpc) is 2.64. The summed E-state index contributed by atoms with van der Waals surface area (Å²) in [5.74, 6) is 2.40. The summed E-state index contributed by atoms with van der Waals surface area (Å²) in [6.07, 6.45) is 0.824. The predicted octanol–water partition coefficient (Wildman–Crippen LogP) is 1.72. The van der Waals surface area contributed by atoms with Crippen molar-refractivity contribution in [3.8, 4) is 0 Å². The van der Waals surface area contributed by atoms with E-state index in [1.54, 1.807) is 11.3 Å². The molecule has 0 saturated carbocycles. The summed E-state index contributed by atoms with van der Waals surface area (Å²) in [5, 5.41) is 12.8. The first-order chi connectivity index (χ1) is 6.25. The van der Waals surface area contributed by atoms with Crippen LogP contribution in [0.2, 0.25) is 0 Å². The second-order valence-corrected chi connectivity index (χ2v) is 5.56. The van der Waals surface area contributed by atoms with Crippen molar-refractivity contribution in [2.24, 2.45) is 5.92 Å². The molecule has 2 atom stereocenters. The standard InChI is InChI=1S/C9H13NOS2/c1-6-10-8(4-13-6)2-7-3-12-5-9(7)11/h4,7,9,11H,2-3,5H2,1H3. The minimum Gasteiger partial charge on any atom is -0.392 e. The van der Waals surface area contributed by atoms with Gasteiger partial charge >= 0.3 is 0 Å². The lowest BCUT2D eigenvalue weighted by molar-refractivity contribution is 0.149. The topological polar surface area (TPSA) is 33.1 Å². The van der Waals surface area contributed by atoms with Crippen molar-refractivity contribution in [2.45, 2.75) is 19.4 Å². The van der Waals surface area contributed by atoms with E-state index in [1.807, 2.05) is 18.7 Å².